The highest BCUT2D eigenvalue weighted by molar-refractivity contribution is 6.04. The average Bonchev–Trinajstić information content (AvgIpc) is 3.04. The van der Waals surface area contributed by atoms with Crippen LogP contribution in [0.5, 0.6) is 11.5 Å². The second kappa shape index (κ2) is 7.25. The van der Waals surface area contributed by atoms with E-state index >= 15 is 0 Å². The summed E-state index contributed by atoms with van der Waals surface area (Å²) in [6.45, 7) is 2.46. The van der Waals surface area contributed by atoms with Gasteiger partial charge in [0, 0.05) is 11.9 Å². The van der Waals surface area contributed by atoms with Crippen LogP contribution < -0.4 is 14.8 Å². The van der Waals surface area contributed by atoms with E-state index in [4.69, 9.17) is 9.47 Å². The van der Waals surface area contributed by atoms with Crippen LogP contribution in [0.25, 0.3) is 10.9 Å². The number of aryl methyl sites for hydroxylation is 1. The Morgan fingerprint density at radius 2 is 2.00 bits per heavy atom. The third kappa shape index (κ3) is 3.57. The highest BCUT2D eigenvalue weighted by Crippen LogP contribution is 2.24. The Morgan fingerprint density at radius 1 is 1.16 bits per heavy atom. The Labute approximate surface area is 146 Å². The molecule has 0 atom stereocenters. The number of ether oxygens (including phenoxy) is 2. The quantitative estimate of drug-likeness (QED) is 0.724. The molecule has 0 spiro atoms. The van der Waals surface area contributed by atoms with Crippen LogP contribution in [-0.4, -0.2) is 36.9 Å². The van der Waals surface area contributed by atoms with Crippen LogP contribution in [0.3, 0.4) is 0 Å². The maximum absolute atomic E-state index is 12.4. The largest absolute Gasteiger partial charge is 0.497 e. The summed E-state index contributed by atoms with van der Waals surface area (Å²) in [5, 5.41) is 10.8. The maximum Gasteiger partial charge on any atom is 0.272 e. The van der Waals surface area contributed by atoms with Gasteiger partial charge in [-0.15, -0.1) is 0 Å². The van der Waals surface area contributed by atoms with Gasteiger partial charge < -0.3 is 14.8 Å². The number of nitrogens with zero attached hydrogens (tertiary/aromatic N) is 1. The van der Waals surface area contributed by atoms with E-state index in [1.807, 2.05) is 43.3 Å². The van der Waals surface area contributed by atoms with Gasteiger partial charge in [0.1, 0.15) is 11.5 Å². The summed E-state index contributed by atoms with van der Waals surface area (Å²) in [5.41, 5.74) is 3.33. The lowest BCUT2D eigenvalue weighted by atomic mass is 10.1. The first-order valence-electron chi connectivity index (χ1n) is 8.06. The first-order valence-corrected chi connectivity index (χ1v) is 8.06. The predicted molar refractivity (Wildman–Crippen MR) is 96.4 cm³/mol. The van der Waals surface area contributed by atoms with E-state index in [0.29, 0.717) is 18.7 Å². The van der Waals surface area contributed by atoms with E-state index < -0.39 is 0 Å². The number of methoxy groups -OCH3 is 2. The fraction of sp³-hybridized carbons (Fsp3) is 0.263. The number of amides is 1. The summed E-state index contributed by atoms with van der Waals surface area (Å²) in [6.07, 6.45) is 0.632. The molecule has 0 aliphatic rings. The molecule has 6 heteroatoms. The topological polar surface area (TPSA) is 76.2 Å². The minimum absolute atomic E-state index is 0.196. The molecule has 0 unspecified atom stereocenters. The molecule has 1 heterocycles. The van der Waals surface area contributed by atoms with Gasteiger partial charge in [-0.25, -0.2) is 0 Å². The van der Waals surface area contributed by atoms with Crippen LogP contribution in [0.1, 0.15) is 21.6 Å². The molecule has 1 amide bonds. The molecule has 25 heavy (non-hydrogen) atoms. The Kier molecular flexibility index (Phi) is 4.88. The number of rotatable bonds is 6. The Balaban J connectivity index is 1.69. The zero-order valence-electron chi connectivity index (χ0n) is 14.6. The molecule has 1 aromatic heterocycles. The van der Waals surface area contributed by atoms with Crippen LogP contribution in [0, 0.1) is 6.92 Å². The van der Waals surface area contributed by atoms with Crippen LogP contribution in [-0.2, 0) is 6.42 Å². The molecule has 0 aliphatic heterocycles. The molecule has 0 saturated heterocycles. The first kappa shape index (κ1) is 16.8. The summed E-state index contributed by atoms with van der Waals surface area (Å²) >= 11 is 0. The van der Waals surface area contributed by atoms with Crippen LogP contribution in [0.2, 0.25) is 0 Å². The summed E-state index contributed by atoms with van der Waals surface area (Å²) in [4.78, 5) is 12.4. The van der Waals surface area contributed by atoms with Crippen molar-refractivity contribution in [3.8, 4) is 11.5 Å². The predicted octanol–water partition coefficient (Wildman–Crippen LogP) is 2.86. The van der Waals surface area contributed by atoms with Crippen molar-refractivity contribution < 1.29 is 14.3 Å². The number of nitrogens with one attached hydrogen (secondary N) is 2. The van der Waals surface area contributed by atoms with Crippen molar-refractivity contribution in [2.75, 3.05) is 20.8 Å². The van der Waals surface area contributed by atoms with E-state index in [0.717, 1.165) is 33.5 Å². The average molecular weight is 339 g/mol. The van der Waals surface area contributed by atoms with Crippen molar-refractivity contribution in [2.45, 2.75) is 13.3 Å². The van der Waals surface area contributed by atoms with E-state index in [1.165, 1.54) is 0 Å². The SMILES string of the molecule is COc1ccc(OC)c(CCNC(=O)c2n[nH]c3ccc(C)cc23)c1. The van der Waals surface area contributed by atoms with Gasteiger partial charge in [-0.1, -0.05) is 11.6 Å². The number of carbonyl (C=O) groups is 1. The van der Waals surface area contributed by atoms with Crippen LogP contribution >= 0.6 is 0 Å². The minimum Gasteiger partial charge on any atom is -0.497 e. The van der Waals surface area contributed by atoms with Crippen molar-refractivity contribution in [2.24, 2.45) is 0 Å². The van der Waals surface area contributed by atoms with Gasteiger partial charge in [-0.05, 0) is 49.2 Å². The summed E-state index contributed by atoms with van der Waals surface area (Å²) in [7, 11) is 3.25. The van der Waals surface area contributed by atoms with E-state index in [-0.39, 0.29) is 5.91 Å². The lowest BCUT2D eigenvalue weighted by molar-refractivity contribution is 0.0950. The number of carbonyl (C=O) groups excluding carboxylic acids is 1. The summed E-state index contributed by atoms with van der Waals surface area (Å²) in [5.74, 6) is 1.34. The van der Waals surface area contributed by atoms with E-state index in [9.17, 15) is 4.79 Å². The fourth-order valence-electron chi connectivity index (χ4n) is 2.77. The zero-order chi connectivity index (χ0) is 17.8. The minimum atomic E-state index is -0.196. The molecule has 0 bridgehead atoms. The van der Waals surface area contributed by atoms with Crippen molar-refractivity contribution in [3.63, 3.8) is 0 Å². The molecule has 0 fully saturated rings. The number of aromatic amines is 1. The van der Waals surface area contributed by atoms with Gasteiger partial charge in [0.2, 0.25) is 0 Å². The number of hydrogen-bond donors (Lipinski definition) is 2. The molecule has 3 rings (SSSR count). The molecular formula is C19H21N3O3. The number of fused-ring (bicyclic) bond motifs is 1. The van der Waals surface area contributed by atoms with Crippen LogP contribution in [0.4, 0.5) is 0 Å². The molecule has 0 saturated carbocycles. The van der Waals surface area contributed by atoms with Crippen molar-refractivity contribution in [1.82, 2.24) is 15.5 Å². The first-order chi connectivity index (χ1) is 12.1. The lowest BCUT2D eigenvalue weighted by Crippen LogP contribution is -2.26. The van der Waals surface area contributed by atoms with Gasteiger partial charge in [0.05, 0.1) is 19.7 Å². The normalized spacial score (nSPS) is 10.7. The van der Waals surface area contributed by atoms with Gasteiger partial charge in [0.15, 0.2) is 5.69 Å². The number of benzene rings is 2. The molecule has 130 valence electrons. The van der Waals surface area contributed by atoms with Gasteiger partial charge in [-0.3, -0.25) is 9.89 Å². The molecule has 3 aromatic rings. The van der Waals surface area contributed by atoms with Gasteiger partial charge >= 0.3 is 0 Å². The number of H-pyrrole nitrogens is 1. The number of hydrogen-bond acceptors (Lipinski definition) is 4. The van der Waals surface area contributed by atoms with Crippen molar-refractivity contribution in [1.29, 1.82) is 0 Å². The Morgan fingerprint density at radius 3 is 2.76 bits per heavy atom. The summed E-state index contributed by atoms with van der Waals surface area (Å²) < 4.78 is 10.6. The fourth-order valence-corrected chi connectivity index (χ4v) is 2.77. The smallest absolute Gasteiger partial charge is 0.272 e. The molecular weight excluding hydrogens is 318 g/mol. The number of aromatic nitrogens is 2. The third-order valence-corrected chi connectivity index (χ3v) is 4.10. The highest BCUT2D eigenvalue weighted by atomic mass is 16.5. The molecule has 0 aliphatic carbocycles. The molecule has 2 N–H and O–H groups in total. The second-order valence-corrected chi connectivity index (χ2v) is 5.80. The third-order valence-electron chi connectivity index (χ3n) is 4.10. The van der Waals surface area contributed by atoms with Gasteiger partial charge in [-0.2, -0.15) is 5.10 Å². The van der Waals surface area contributed by atoms with E-state index in [2.05, 4.69) is 15.5 Å². The highest BCUT2D eigenvalue weighted by Gasteiger charge is 2.14. The monoisotopic (exact) mass is 339 g/mol. The molecule has 2 aromatic carbocycles. The lowest BCUT2D eigenvalue weighted by Gasteiger charge is -2.11. The Bertz CT molecular complexity index is 902. The van der Waals surface area contributed by atoms with Gasteiger partial charge in [0.25, 0.3) is 5.91 Å². The molecule has 6 nitrogen and oxygen atoms in total. The van der Waals surface area contributed by atoms with E-state index in [1.54, 1.807) is 14.2 Å². The summed E-state index contributed by atoms with van der Waals surface area (Å²) in [6, 6.07) is 11.5. The Hall–Kier alpha value is -3.02. The van der Waals surface area contributed by atoms with Crippen molar-refractivity contribution >= 4 is 16.8 Å². The van der Waals surface area contributed by atoms with Crippen LogP contribution in [0.15, 0.2) is 36.4 Å². The van der Waals surface area contributed by atoms with Crippen molar-refractivity contribution in [3.05, 3.63) is 53.2 Å². The maximum atomic E-state index is 12.4. The second-order valence-electron chi connectivity index (χ2n) is 5.80. The molecule has 0 radical (unpaired) electrons. The standard InChI is InChI=1S/C19H21N3O3/c1-12-4-6-16-15(10-12)18(22-21-16)19(23)20-9-8-13-11-14(24-2)5-7-17(13)25-3/h4-7,10-11H,8-9H2,1-3H3,(H,20,23)(H,21,22). The zero-order valence-corrected chi connectivity index (χ0v) is 14.6.